The van der Waals surface area contributed by atoms with E-state index in [0.717, 1.165) is 32.7 Å². The number of nitrogens with zero attached hydrogens (tertiary/aromatic N) is 3. The molecule has 0 atom stereocenters. The highest BCUT2D eigenvalue weighted by Gasteiger charge is 2.09. The van der Waals surface area contributed by atoms with E-state index in [2.05, 4.69) is 21.3 Å². The number of hydrogen-bond acceptors (Lipinski definition) is 4. The molecule has 0 bridgehead atoms. The largest absolute Gasteiger partial charge is 0.314 e. The third-order valence-corrected chi connectivity index (χ3v) is 2.55. The molecule has 1 aliphatic heterocycles. The zero-order valence-corrected chi connectivity index (χ0v) is 8.61. The highest BCUT2D eigenvalue weighted by molar-refractivity contribution is 5.25. The third kappa shape index (κ3) is 2.75. The summed E-state index contributed by atoms with van der Waals surface area (Å²) in [7, 11) is 0. The van der Waals surface area contributed by atoms with Crippen LogP contribution < -0.4 is 5.32 Å². The van der Waals surface area contributed by atoms with Crippen LogP contribution in [-0.2, 0) is 6.54 Å². The summed E-state index contributed by atoms with van der Waals surface area (Å²) in [6.07, 6.45) is 1.70. The summed E-state index contributed by atoms with van der Waals surface area (Å²) < 4.78 is 0. The van der Waals surface area contributed by atoms with Gasteiger partial charge in [0.15, 0.2) is 0 Å². The Morgan fingerprint density at radius 2 is 2.27 bits per heavy atom. The first-order valence-corrected chi connectivity index (χ1v) is 5.16. The van der Waals surface area contributed by atoms with E-state index in [4.69, 9.17) is 5.26 Å². The number of aromatic nitrogens is 1. The van der Waals surface area contributed by atoms with Gasteiger partial charge >= 0.3 is 0 Å². The van der Waals surface area contributed by atoms with E-state index in [9.17, 15) is 0 Å². The number of piperazine rings is 1. The molecule has 1 aliphatic rings. The fraction of sp³-hybridized carbons (Fsp3) is 0.455. The number of hydrogen-bond donors (Lipinski definition) is 1. The van der Waals surface area contributed by atoms with Crippen molar-refractivity contribution in [3.63, 3.8) is 0 Å². The maximum absolute atomic E-state index is 8.73. The summed E-state index contributed by atoms with van der Waals surface area (Å²) in [4.78, 5) is 6.34. The van der Waals surface area contributed by atoms with Crippen LogP contribution in [0.2, 0.25) is 0 Å². The van der Waals surface area contributed by atoms with E-state index < -0.39 is 0 Å². The first kappa shape index (κ1) is 10.1. The highest BCUT2D eigenvalue weighted by atomic mass is 15.2. The molecule has 1 aromatic rings. The Morgan fingerprint density at radius 1 is 1.47 bits per heavy atom. The van der Waals surface area contributed by atoms with Crippen LogP contribution in [0.3, 0.4) is 0 Å². The fourth-order valence-electron chi connectivity index (χ4n) is 1.76. The second-order valence-corrected chi connectivity index (χ2v) is 3.69. The van der Waals surface area contributed by atoms with Crippen molar-refractivity contribution in [1.82, 2.24) is 15.2 Å². The molecule has 2 heterocycles. The summed E-state index contributed by atoms with van der Waals surface area (Å²) in [5.41, 5.74) is 1.67. The van der Waals surface area contributed by atoms with Gasteiger partial charge in [-0.1, -0.05) is 0 Å². The maximum Gasteiger partial charge on any atom is 0.140 e. The van der Waals surface area contributed by atoms with E-state index in [1.54, 1.807) is 6.20 Å². The smallest absolute Gasteiger partial charge is 0.140 e. The second-order valence-electron chi connectivity index (χ2n) is 3.69. The fourth-order valence-corrected chi connectivity index (χ4v) is 1.76. The van der Waals surface area contributed by atoms with Gasteiger partial charge in [-0.05, 0) is 17.7 Å². The average Bonchev–Trinajstić information content (AvgIpc) is 2.31. The summed E-state index contributed by atoms with van der Waals surface area (Å²) in [5, 5.41) is 12.0. The molecule has 4 nitrogen and oxygen atoms in total. The number of nitriles is 1. The molecule has 1 fully saturated rings. The van der Waals surface area contributed by atoms with Gasteiger partial charge in [-0.15, -0.1) is 0 Å². The van der Waals surface area contributed by atoms with Crippen molar-refractivity contribution < 1.29 is 0 Å². The standard InChI is InChI=1S/C11H14N4/c12-8-11-7-10(1-2-14-11)9-15-5-3-13-4-6-15/h1-2,7,13H,3-6,9H2. The third-order valence-electron chi connectivity index (χ3n) is 2.55. The second kappa shape index (κ2) is 4.87. The minimum Gasteiger partial charge on any atom is -0.314 e. The van der Waals surface area contributed by atoms with E-state index >= 15 is 0 Å². The lowest BCUT2D eigenvalue weighted by Crippen LogP contribution is -2.42. The molecule has 1 aromatic heterocycles. The molecule has 0 unspecified atom stereocenters. The Kier molecular flexibility index (Phi) is 3.28. The zero-order valence-electron chi connectivity index (χ0n) is 8.61. The molecular formula is C11H14N4. The molecule has 0 radical (unpaired) electrons. The van der Waals surface area contributed by atoms with Crippen LogP contribution in [0, 0.1) is 11.3 Å². The van der Waals surface area contributed by atoms with Crippen molar-refractivity contribution in [1.29, 1.82) is 5.26 Å². The predicted molar refractivity (Wildman–Crippen MR) is 57.1 cm³/mol. The Balaban J connectivity index is 2.00. The maximum atomic E-state index is 8.73. The van der Waals surface area contributed by atoms with E-state index in [1.165, 1.54) is 5.56 Å². The van der Waals surface area contributed by atoms with Gasteiger partial charge in [-0.3, -0.25) is 4.90 Å². The molecule has 0 amide bonds. The van der Waals surface area contributed by atoms with Crippen LogP contribution in [-0.4, -0.2) is 36.1 Å². The number of rotatable bonds is 2. The summed E-state index contributed by atoms with van der Waals surface area (Å²) in [6, 6.07) is 5.90. The van der Waals surface area contributed by atoms with Crippen molar-refractivity contribution >= 4 is 0 Å². The SMILES string of the molecule is N#Cc1cc(CN2CCNCC2)ccn1. The lowest BCUT2D eigenvalue weighted by Gasteiger charge is -2.27. The van der Waals surface area contributed by atoms with Gasteiger partial charge in [0.2, 0.25) is 0 Å². The van der Waals surface area contributed by atoms with Crippen LogP contribution in [0.25, 0.3) is 0 Å². The minimum absolute atomic E-state index is 0.502. The van der Waals surface area contributed by atoms with Crippen molar-refractivity contribution in [3.8, 4) is 6.07 Å². The topological polar surface area (TPSA) is 52.0 Å². The van der Waals surface area contributed by atoms with Gasteiger partial charge in [0, 0.05) is 38.9 Å². The van der Waals surface area contributed by atoms with Gasteiger partial charge in [0.25, 0.3) is 0 Å². The van der Waals surface area contributed by atoms with Gasteiger partial charge in [0.05, 0.1) is 0 Å². The monoisotopic (exact) mass is 202 g/mol. The molecule has 2 rings (SSSR count). The van der Waals surface area contributed by atoms with Gasteiger partial charge in [-0.2, -0.15) is 5.26 Å². The first-order chi connectivity index (χ1) is 7.38. The molecule has 0 saturated carbocycles. The molecule has 1 N–H and O–H groups in total. The van der Waals surface area contributed by atoms with Crippen LogP contribution in [0.1, 0.15) is 11.3 Å². The van der Waals surface area contributed by atoms with E-state index in [0.29, 0.717) is 5.69 Å². The number of nitrogens with one attached hydrogen (secondary N) is 1. The Bertz CT molecular complexity index is 363. The zero-order chi connectivity index (χ0) is 10.5. The highest BCUT2D eigenvalue weighted by Crippen LogP contribution is 2.06. The Hall–Kier alpha value is -1.44. The van der Waals surface area contributed by atoms with Crippen molar-refractivity contribution in [3.05, 3.63) is 29.6 Å². The lowest BCUT2D eigenvalue weighted by atomic mass is 10.2. The summed E-state index contributed by atoms with van der Waals surface area (Å²) >= 11 is 0. The minimum atomic E-state index is 0.502. The van der Waals surface area contributed by atoms with Gasteiger partial charge in [0.1, 0.15) is 11.8 Å². The molecule has 0 spiro atoms. The van der Waals surface area contributed by atoms with Crippen LogP contribution >= 0.6 is 0 Å². The quantitative estimate of drug-likeness (QED) is 0.752. The Morgan fingerprint density at radius 3 is 3.00 bits per heavy atom. The molecule has 0 aromatic carbocycles. The molecule has 4 heteroatoms. The van der Waals surface area contributed by atoms with Gasteiger partial charge in [-0.25, -0.2) is 4.98 Å². The number of pyridine rings is 1. The van der Waals surface area contributed by atoms with Crippen LogP contribution in [0.4, 0.5) is 0 Å². The van der Waals surface area contributed by atoms with Crippen LogP contribution in [0.15, 0.2) is 18.3 Å². The molecular weight excluding hydrogens is 188 g/mol. The van der Waals surface area contributed by atoms with E-state index in [1.807, 2.05) is 12.1 Å². The molecule has 1 saturated heterocycles. The van der Waals surface area contributed by atoms with E-state index in [-0.39, 0.29) is 0 Å². The molecule has 0 aliphatic carbocycles. The lowest BCUT2D eigenvalue weighted by molar-refractivity contribution is 0.233. The summed E-state index contributed by atoms with van der Waals surface area (Å²) in [5.74, 6) is 0. The average molecular weight is 202 g/mol. The predicted octanol–water partition coefficient (Wildman–Crippen LogP) is 0.358. The molecule has 78 valence electrons. The first-order valence-electron chi connectivity index (χ1n) is 5.16. The summed E-state index contributed by atoms with van der Waals surface area (Å²) in [6.45, 7) is 5.17. The Labute approximate surface area is 89.5 Å². The van der Waals surface area contributed by atoms with Crippen molar-refractivity contribution in [2.45, 2.75) is 6.54 Å². The normalized spacial score (nSPS) is 17.3. The van der Waals surface area contributed by atoms with Crippen LogP contribution in [0.5, 0.6) is 0 Å². The van der Waals surface area contributed by atoms with Gasteiger partial charge < -0.3 is 5.32 Å². The van der Waals surface area contributed by atoms with Crippen molar-refractivity contribution in [2.24, 2.45) is 0 Å². The molecule has 15 heavy (non-hydrogen) atoms. The van der Waals surface area contributed by atoms with Crippen molar-refractivity contribution in [2.75, 3.05) is 26.2 Å².